The Bertz CT molecular complexity index is 823. The van der Waals surface area contributed by atoms with Crippen LogP contribution in [0, 0.1) is 0 Å². The second kappa shape index (κ2) is 7.78. The lowest BCUT2D eigenvalue weighted by atomic mass is 10.00. The summed E-state index contributed by atoms with van der Waals surface area (Å²) in [5.74, 6) is -0.491. The van der Waals surface area contributed by atoms with Crippen molar-refractivity contribution in [2.45, 2.75) is 31.7 Å². The number of thiazole rings is 1. The summed E-state index contributed by atoms with van der Waals surface area (Å²) in [7, 11) is 0. The molecular formula is C20H24N4O2S. The van der Waals surface area contributed by atoms with Gasteiger partial charge in [0.2, 0.25) is 5.91 Å². The van der Waals surface area contributed by atoms with E-state index >= 15 is 0 Å². The number of hydrogen-bond acceptors (Lipinski definition) is 5. The van der Waals surface area contributed by atoms with Crippen LogP contribution in [0.2, 0.25) is 0 Å². The molecule has 0 radical (unpaired) electrons. The topological polar surface area (TPSA) is 79.5 Å². The summed E-state index contributed by atoms with van der Waals surface area (Å²) in [5.41, 5.74) is 7.12. The number of likely N-dealkylation sites (tertiary alicyclic amines) is 2. The van der Waals surface area contributed by atoms with Crippen molar-refractivity contribution in [3.05, 3.63) is 40.9 Å². The van der Waals surface area contributed by atoms with Gasteiger partial charge in [0.15, 0.2) is 0 Å². The molecule has 6 nitrogen and oxygen atoms in total. The summed E-state index contributed by atoms with van der Waals surface area (Å²) < 4.78 is 0. The van der Waals surface area contributed by atoms with Gasteiger partial charge in [-0.25, -0.2) is 4.98 Å². The molecule has 0 atom stereocenters. The number of amides is 2. The normalized spacial score (nSPS) is 18.7. The number of carbonyl (C=O) groups is 2. The van der Waals surface area contributed by atoms with Crippen molar-refractivity contribution >= 4 is 23.2 Å². The molecule has 4 rings (SSSR count). The number of piperidine rings is 1. The van der Waals surface area contributed by atoms with Gasteiger partial charge in [-0.2, -0.15) is 0 Å². The molecule has 142 valence electrons. The number of benzene rings is 1. The van der Waals surface area contributed by atoms with E-state index in [1.54, 1.807) is 24.4 Å². The van der Waals surface area contributed by atoms with Gasteiger partial charge in [0.25, 0.3) is 5.91 Å². The maximum atomic E-state index is 13.0. The van der Waals surface area contributed by atoms with Gasteiger partial charge in [-0.3, -0.25) is 9.59 Å². The minimum absolute atomic E-state index is 0.0173. The van der Waals surface area contributed by atoms with Gasteiger partial charge in [-0.15, -0.1) is 11.3 Å². The van der Waals surface area contributed by atoms with Crippen molar-refractivity contribution in [1.82, 2.24) is 14.8 Å². The molecule has 2 aliphatic rings. The van der Waals surface area contributed by atoms with Gasteiger partial charge in [0.1, 0.15) is 5.01 Å². The summed E-state index contributed by atoms with van der Waals surface area (Å²) >= 11 is 1.43. The van der Waals surface area contributed by atoms with Crippen molar-refractivity contribution in [3.8, 4) is 10.6 Å². The highest BCUT2D eigenvalue weighted by Crippen LogP contribution is 2.28. The SMILES string of the molecule is NC(=O)c1ccc(C(=O)N2CCC(N3CCCC3)CC2)cc1-c1nccs1. The molecule has 2 aliphatic heterocycles. The standard InChI is InChI=1S/C20H24N4O2S/c21-18(25)16-4-3-14(13-17(16)19-22-7-12-27-19)20(26)24-10-5-15(6-11-24)23-8-1-2-9-23/h3-4,7,12-13,15H,1-2,5-6,8-11H2,(H2,21,25). The van der Waals surface area contributed by atoms with Crippen LogP contribution in [0.5, 0.6) is 0 Å². The molecule has 2 amide bonds. The fraction of sp³-hybridized carbons (Fsp3) is 0.450. The molecule has 2 aromatic rings. The summed E-state index contributed by atoms with van der Waals surface area (Å²) in [6.07, 6.45) is 6.34. The van der Waals surface area contributed by atoms with Crippen molar-refractivity contribution in [2.24, 2.45) is 5.73 Å². The van der Waals surface area contributed by atoms with E-state index in [4.69, 9.17) is 5.73 Å². The van der Waals surface area contributed by atoms with Gasteiger partial charge in [0, 0.05) is 47.4 Å². The first kappa shape index (κ1) is 18.1. The van der Waals surface area contributed by atoms with Crippen LogP contribution in [0.3, 0.4) is 0 Å². The fourth-order valence-electron chi connectivity index (χ4n) is 4.15. The molecule has 2 fully saturated rings. The van der Waals surface area contributed by atoms with Crippen LogP contribution in [0.15, 0.2) is 29.8 Å². The first-order chi connectivity index (χ1) is 13.1. The van der Waals surface area contributed by atoms with E-state index < -0.39 is 5.91 Å². The number of aromatic nitrogens is 1. The number of hydrogen-bond donors (Lipinski definition) is 1. The van der Waals surface area contributed by atoms with Crippen LogP contribution in [0.25, 0.3) is 10.6 Å². The number of nitrogens with zero attached hydrogens (tertiary/aromatic N) is 3. The van der Waals surface area contributed by atoms with Crippen molar-refractivity contribution < 1.29 is 9.59 Å². The summed E-state index contributed by atoms with van der Waals surface area (Å²) in [6, 6.07) is 5.71. The van der Waals surface area contributed by atoms with Gasteiger partial charge >= 0.3 is 0 Å². The van der Waals surface area contributed by atoms with Crippen molar-refractivity contribution in [2.75, 3.05) is 26.2 Å². The predicted molar refractivity (Wildman–Crippen MR) is 106 cm³/mol. The molecule has 2 N–H and O–H groups in total. The highest BCUT2D eigenvalue weighted by atomic mass is 32.1. The first-order valence-electron chi connectivity index (χ1n) is 9.50. The minimum atomic E-state index is -0.509. The monoisotopic (exact) mass is 384 g/mol. The average Bonchev–Trinajstić information content (AvgIpc) is 3.41. The summed E-state index contributed by atoms with van der Waals surface area (Å²) in [4.78, 5) is 33.5. The van der Waals surface area contributed by atoms with Gasteiger partial charge in [0.05, 0.1) is 0 Å². The van der Waals surface area contributed by atoms with Crippen LogP contribution in [-0.2, 0) is 0 Å². The van der Waals surface area contributed by atoms with E-state index in [2.05, 4.69) is 9.88 Å². The zero-order valence-electron chi connectivity index (χ0n) is 15.3. The lowest BCUT2D eigenvalue weighted by Gasteiger charge is -2.36. The number of nitrogens with two attached hydrogens (primary N) is 1. The smallest absolute Gasteiger partial charge is 0.253 e. The van der Waals surface area contributed by atoms with Gasteiger partial charge < -0.3 is 15.5 Å². The molecule has 0 bridgehead atoms. The summed E-state index contributed by atoms with van der Waals surface area (Å²) in [5, 5.41) is 2.55. The molecule has 1 aromatic carbocycles. The fourth-order valence-corrected chi connectivity index (χ4v) is 4.82. The van der Waals surface area contributed by atoms with E-state index in [1.165, 1.54) is 37.3 Å². The molecule has 2 saturated heterocycles. The Kier molecular flexibility index (Phi) is 5.22. The molecular weight excluding hydrogens is 360 g/mol. The molecule has 0 saturated carbocycles. The van der Waals surface area contributed by atoms with Gasteiger partial charge in [-0.1, -0.05) is 0 Å². The van der Waals surface area contributed by atoms with Crippen molar-refractivity contribution in [1.29, 1.82) is 0 Å². The Balaban J connectivity index is 1.51. The zero-order valence-corrected chi connectivity index (χ0v) is 16.1. The summed E-state index contributed by atoms with van der Waals surface area (Å²) in [6.45, 7) is 3.96. The average molecular weight is 385 g/mol. The molecule has 7 heteroatoms. The molecule has 1 aromatic heterocycles. The third-order valence-corrected chi connectivity index (χ3v) is 6.41. The quantitative estimate of drug-likeness (QED) is 0.879. The third kappa shape index (κ3) is 3.75. The van der Waals surface area contributed by atoms with E-state index in [-0.39, 0.29) is 5.91 Å². The maximum absolute atomic E-state index is 13.0. The lowest BCUT2D eigenvalue weighted by molar-refractivity contribution is 0.0644. The first-order valence-corrected chi connectivity index (χ1v) is 10.4. The van der Waals surface area contributed by atoms with Crippen LogP contribution in [-0.4, -0.2) is 58.8 Å². The molecule has 0 spiro atoms. The number of carbonyl (C=O) groups excluding carboxylic acids is 2. The Morgan fingerprint density at radius 2 is 1.85 bits per heavy atom. The Morgan fingerprint density at radius 3 is 2.48 bits per heavy atom. The number of rotatable bonds is 4. The zero-order chi connectivity index (χ0) is 18.8. The highest BCUT2D eigenvalue weighted by molar-refractivity contribution is 7.13. The van der Waals surface area contributed by atoms with Crippen LogP contribution in [0.4, 0.5) is 0 Å². The Morgan fingerprint density at radius 1 is 1.11 bits per heavy atom. The van der Waals surface area contributed by atoms with Crippen LogP contribution >= 0.6 is 11.3 Å². The molecule has 27 heavy (non-hydrogen) atoms. The Labute approximate surface area is 163 Å². The van der Waals surface area contributed by atoms with Crippen molar-refractivity contribution in [3.63, 3.8) is 0 Å². The van der Waals surface area contributed by atoms with Gasteiger partial charge in [-0.05, 0) is 57.0 Å². The Hall–Kier alpha value is -2.25. The number of primary amides is 1. The van der Waals surface area contributed by atoms with Crippen LogP contribution in [0.1, 0.15) is 46.4 Å². The minimum Gasteiger partial charge on any atom is -0.366 e. The van der Waals surface area contributed by atoms with E-state index in [0.717, 1.165) is 25.9 Å². The maximum Gasteiger partial charge on any atom is 0.253 e. The largest absolute Gasteiger partial charge is 0.366 e. The highest BCUT2D eigenvalue weighted by Gasteiger charge is 2.29. The second-order valence-electron chi connectivity index (χ2n) is 7.23. The van der Waals surface area contributed by atoms with E-state index in [0.29, 0.717) is 27.7 Å². The molecule has 0 unspecified atom stereocenters. The third-order valence-electron chi connectivity index (χ3n) is 5.60. The second-order valence-corrected chi connectivity index (χ2v) is 8.12. The molecule has 3 heterocycles. The van der Waals surface area contributed by atoms with Crippen LogP contribution < -0.4 is 5.73 Å². The predicted octanol–water partition coefficient (Wildman–Crippen LogP) is 2.61. The van der Waals surface area contributed by atoms with E-state index in [9.17, 15) is 9.59 Å². The molecule has 0 aliphatic carbocycles. The van der Waals surface area contributed by atoms with E-state index in [1.807, 2.05) is 10.3 Å². The lowest BCUT2D eigenvalue weighted by Crippen LogP contribution is -2.45.